The summed E-state index contributed by atoms with van der Waals surface area (Å²) in [7, 11) is 0. The van der Waals surface area contributed by atoms with Gasteiger partial charge in [-0.3, -0.25) is 0 Å². The first-order valence-corrected chi connectivity index (χ1v) is 2.07. The van der Waals surface area contributed by atoms with Crippen LogP contribution in [0.25, 0.3) is 0 Å². The molecule has 0 heterocycles. The third-order valence-corrected chi connectivity index (χ3v) is 0.612. The van der Waals surface area contributed by atoms with Crippen molar-refractivity contribution < 1.29 is 569 Å². The van der Waals surface area contributed by atoms with Gasteiger partial charge < -0.3 is 12.6 Å². The van der Waals surface area contributed by atoms with Crippen molar-refractivity contribution in [3.63, 3.8) is 0 Å². The number of hydrogen-bond acceptors (Lipinski definition) is 1. The summed E-state index contributed by atoms with van der Waals surface area (Å²) in [5.41, 5.74) is 0. The van der Waals surface area contributed by atoms with E-state index in [1.54, 1.807) is 0 Å². The van der Waals surface area contributed by atoms with E-state index >= 15 is 0 Å². The van der Waals surface area contributed by atoms with Crippen LogP contribution in [0.4, 0.5) is 0 Å². The topological polar surface area (TPSA) is 0 Å². The molecule has 0 N–H and O–H groups in total. The van der Waals surface area contributed by atoms with Crippen LogP contribution in [-0.2, 0) is 581 Å². The predicted molar refractivity (Wildman–Crippen MR) is 22.5 cm³/mol. The minimum absolute atomic E-state index is 0. The van der Waals surface area contributed by atoms with Crippen LogP contribution in [0.1, 0.15) is 13.3 Å². The molecule has 31 heavy (non-hydrogen) atoms. The second kappa shape index (κ2) is 257. The van der Waals surface area contributed by atoms with Crippen LogP contribution in [0.15, 0.2) is 0 Å². The normalized spacial score (nSPS) is 0.968. The molecule has 0 radical (unpaired) electrons. The molecule has 0 aromatic carbocycles. The molecule has 0 atom stereocenters. The third-order valence-electron chi connectivity index (χ3n) is 0.204. The summed E-state index contributed by atoms with van der Waals surface area (Å²) in [5.74, 6) is 0.903. The van der Waals surface area contributed by atoms with E-state index in [9.17, 15) is 0 Å². The van der Waals surface area contributed by atoms with Gasteiger partial charge in [0.1, 0.15) is 0 Å². The maximum absolute atomic E-state index is 4.55. The molecule has 188 valence electrons. The molecule has 0 bridgehead atoms. The molecule has 0 amide bonds. The molecule has 0 fully saturated rings. The largest absolute Gasteiger partial charge is 0.793 e. The van der Waals surface area contributed by atoms with Crippen molar-refractivity contribution in [2.24, 2.45) is 0 Å². The molecule has 0 rings (SSSR count). The van der Waals surface area contributed by atoms with Crippen molar-refractivity contribution in [1.82, 2.24) is 0 Å². The van der Waals surface area contributed by atoms with Gasteiger partial charge in [-0.2, -0.15) is 5.75 Å². The predicted octanol–water partition coefficient (Wildman–Crippen LogP) is 0.876. The van der Waals surface area contributed by atoms with Gasteiger partial charge in [0.15, 0.2) is 0 Å². The molecule has 0 aromatic rings. The van der Waals surface area contributed by atoms with Gasteiger partial charge in [-0.15, -0.1) is 0 Å². The molecular weight excluding hydrogens is 5030 g/mol. The Morgan fingerprint density at radius 3 is 0.290 bits per heavy atom. The Hall–Kier alpha value is 18.9. The van der Waals surface area contributed by atoms with Gasteiger partial charge in [-0.05, 0) is 0 Å². The molecule has 0 spiro atoms. The maximum atomic E-state index is 4.55. The first-order chi connectivity index (χ1) is 1.91. The van der Waals surface area contributed by atoms with Gasteiger partial charge in [-0.1, -0.05) is 13.3 Å². The van der Waals surface area contributed by atoms with Gasteiger partial charge in [0.05, 0.1) is 0 Å². The fourth-order valence-corrected chi connectivity index (χ4v) is 0. The Morgan fingerprint density at radius 2 is 0.290 bits per heavy atom. The SMILES string of the molecule is CCC[S-].[W].[W].[W].[W].[W].[W].[W].[W].[W].[W].[W].[W].[W].[W].[W].[W].[W].[W].[W].[W].[W].[W].[W].[W].[W].[W].[W]. The summed E-state index contributed by atoms with van der Waals surface area (Å²) >= 11 is 4.55. The molecule has 0 unspecified atom stereocenters. The molecule has 0 aromatic heterocycles. The van der Waals surface area contributed by atoms with E-state index in [1.807, 2.05) is 0 Å². The zero-order valence-electron chi connectivity index (χ0n) is 13.8. The van der Waals surface area contributed by atoms with Crippen LogP contribution in [0, 0.1) is 0 Å². The minimum Gasteiger partial charge on any atom is -0.793 e. The summed E-state index contributed by atoms with van der Waals surface area (Å²) in [6.45, 7) is 2.08. The van der Waals surface area contributed by atoms with Crippen LogP contribution in [0.2, 0.25) is 0 Å². The standard InChI is InChI=1S/C3H8S.27W/c1-2-3-4;;;;;;;;;;;;;;;;;;;;;;;;;;;/h4H,2-3H2,1H3;;;;;;;;;;;;;;;;;;;;;;;;;;;/p-1. The quantitative estimate of drug-likeness (QED) is 0.352. The molecule has 0 saturated heterocycles. The Kier molecular flexibility index (Phi) is 2060. The summed E-state index contributed by atoms with van der Waals surface area (Å²) in [4.78, 5) is 0. The van der Waals surface area contributed by atoms with Crippen LogP contribution < -0.4 is 0 Å². The maximum Gasteiger partial charge on any atom is 0 e. The molecule has 0 saturated carbocycles. The average molecular weight is 5040 g/mol. The molecule has 0 aliphatic heterocycles. The van der Waals surface area contributed by atoms with E-state index in [0.717, 1.165) is 12.2 Å². The third kappa shape index (κ3) is 271. The monoisotopic (exact) mass is 5040 g/mol. The molecule has 0 nitrogen and oxygen atoms in total. The van der Waals surface area contributed by atoms with E-state index in [-0.39, 0.29) is 569 Å². The van der Waals surface area contributed by atoms with Crippen LogP contribution in [-0.4, -0.2) is 5.75 Å². The summed E-state index contributed by atoms with van der Waals surface area (Å²) < 4.78 is 0. The zero-order valence-corrected chi connectivity index (χ0v) is 93.9. The Balaban J connectivity index is -0.000000000128. The molecule has 0 aliphatic rings. The molecular formula is C3H7SW27-. The minimum atomic E-state index is 0. The van der Waals surface area contributed by atoms with Crippen molar-refractivity contribution in [3.05, 3.63) is 0 Å². The van der Waals surface area contributed by atoms with Crippen molar-refractivity contribution in [1.29, 1.82) is 0 Å². The van der Waals surface area contributed by atoms with Crippen LogP contribution in [0.3, 0.4) is 0 Å². The summed E-state index contributed by atoms with van der Waals surface area (Å²) in [5, 5.41) is 0. The Bertz CT molecular complexity index is 22.4. The van der Waals surface area contributed by atoms with Gasteiger partial charge >= 0.3 is 0 Å². The van der Waals surface area contributed by atoms with E-state index in [2.05, 4.69) is 19.6 Å². The van der Waals surface area contributed by atoms with Crippen molar-refractivity contribution in [2.75, 3.05) is 5.75 Å². The first kappa shape index (κ1) is 249. The van der Waals surface area contributed by atoms with E-state index in [0.29, 0.717) is 0 Å². The van der Waals surface area contributed by atoms with Crippen LogP contribution >= 0.6 is 0 Å². The number of hydrogen-bond donors (Lipinski definition) is 0. The fourth-order valence-electron chi connectivity index (χ4n) is 0. The van der Waals surface area contributed by atoms with Crippen LogP contribution in [0.5, 0.6) is 0 Å². The van der Waals surface area contributed by atoms with E-state index < -0.39 is 0 Å². The van der Waals surface area contributed by atoms with Gasteiger partial charge in [0.25, 0.3) is 0 Å². The van der Waals surface area contributed by atoms with E-state index in [1.165, 1.54) is 0 Å². The van der Waals surface area contributed by atoms with Crippen molar-refractivity contribution in [2.45, 2.75) is 13.3 Å². The van der Waals surface area contributed by atoms with Gasteiger partial charge in [0, 0.05) is 569 Å². The van der Waals surface area contributed by atoms with Crippen molar-refractivity contribution >= 4 is 12.6 Å². The van der Waals surface area contributed by atoms with Crippen molar-refractivity contribution in [3.8, 4) is 0 Å². The van der Waals surface area contributed by atoms with Gasteiger partial charge in [0.2, 0.25) is 0 Å². The molecule has 28 heteroatoms. The Labute approximate surface area is 583 Å². The second-order valence-corrected chi connectivity index (χ2v) is 1.11. The second-order valence-electron chi connectivity index (χ2n) is 0.704. The zero-order chi connectivity index (χ0) is 3.41. The van der Waals surface area contributed by atoms with Gasteiger partial charge in [-0.25, -0.2) is 0 Å². The van der Waals surface area contributed by atoms with E-state index in [4.69, 9.17) is 0 Å². The molecule has 0 aliphatic carbocycles. The summed E-state index contributed by atoms with van der Waals surface area (Å²) in [6.07, 6.45) is 1.13. The fraction of sp³-hybridized carbons (Fsp3) is 1.00. The average Bonchev–Trinajstić information content (AvgIpc) is 1.37. The first-order valence-electron chi connectivity index (χ1n) is 1.50. The summed E-state index contributed by atoms with van der Waals surface area (Å²) in [6, 6.07) is 0. The smallest absolute Gasteiger partial charge is 0 e. The number of rotatable bonds is 1. The Morgan fingerprint density at radius 1 is 0.258 bits per heavy atom.